The minimum absolute atomic E-state index is 0.0832. The Morgan fingerprint density at radius 3 is 2.03 bits per heavy atom. The van der Waals surface area contributed by atoms with Gasteiger partial charge in [-0.25, -0.2) is 9.59 Å². The molecule has 30 heavy (non-hydrogen) atoms. The van der Waals surface area contributed by atoms with Gasteiger partial charge < -0.3 is 19.7 Å². The number of halogens is 4. The number of alkyl halides is 3. The summed E-state index contributed by atoms with van der Waals surface area (Å²) in [5, 5.41) is 2.17. The van der Waals surface area contributed by atoms with Crippen LogP contribution in [0.15, 0.2) is 18.2 Å². The number of carbonyl (C=O) groups excluding carboxylic acids is 2. The van der Waals surface area contributed by atoms with Crippen LogP contribution in [0.3, 0.4) is 0 Å². The molecule has 0 aliphatic carbocycles. The minimum atomic E-state index is -4.67. The highest BCUT2D eigenvalue weighted by Gasteiger charge is 2.50. The van der Waals surface area contributed by atoms with Crippen LogP contribution >= 0.6 is 11.6 Å². The van der Waals surface area contributed by atoms with E-state index < -0.39 is 45.7 Å². The van der Waals surface area contributed by atoms with Crippen LogP contribution in [0.4, 0.5) is 22.8 Å². The number of rotatable bonds is 2. The molecule has 0 spiro atoms. The van der Waals surface area contributed by atoms with Crippen molar-refractivity contribution in [2.75, 3.05) is 13.1 Å². The summed E-state index contributed by atoms with van der Waals surface area (Å²) in [6.07, 6.45) is -6.11. The summed E-state index contributed by atoms with van der Waals surface area (Å²) >= 11 is 5.72. The van der Waals surface area contributed by atoms with E-state index in [2.05, 4.69) is 5.32 Å². The number of nitrogens with one attached hydrogen (secondary N) is 1. The molecule has 0 bridgehead atoms. The zero-order chi connectivity index (χ0) is 23.1. The van der Waals surface area contributed by atoms with E-state index in [1.54, 1.807) is 41.5 Å². The van der Waals surface area contributed by atoms with Crippen LogP contribution in [0.2, 0.25) is 5.02 Å². The maximum atomic E-state index is 13.3. The Bertz CT molecular complexity index is 823. The minimum Gasteiger partial charge on any atom is -0.444 e. The van der Waals surface area contributed by atoms with Gasteiger partial charge >= 0.3 is 18.4 Å². The molecule has 1 heterocycles. The number of benzene rings is 1. The molecule has 2 rings (SSSR count). The molecule has 1 saturated heterocycles. The van der Waals surface area contributed by atoms with Crippen LogP contribution < -0.4 is 5.32 Å². The van der Waals surface area contributed by atoms with Gasteiger partial charge in [-0.2, -0.15) is 13.2 Å². The van der Waals surface area contributed by atoms with E-state index in [0.717, 1.165) is 12.1 Å². The average molecular weight is 451 g/mol. The number of likely N-dealkylation sites (tertiary alicyclic amines) is 1. The zero-order valence-electron chi connectivity index (χ0n) is 17.7. The molecule has 1 aromatic rings. The van der Waals surface area contributed by atoms with Crippen molar-refractivity contribution in [3.63, 3.8) is 0 Å². The Balaban J connectivity index is 2.35. The van der Waals surface area contributed by atoms with Gasteiger partial charge in [0.05, 0.1) is 23.7 Å². The maximum Gasteiger partial charge on any atom is 0.417 e. The van der Waals surface area contributed by atoms with Crippen molar-refractivity contribution in [3.05, 3.63) is 34.3 Å². The quantitative estimate of drug-likeness (QED) is 0.661. The molecule has 0 saturated carbocycles. The molecule has 1 aliphatic heterocycles. The highest BCUT2D eigenvalue weighted by molar-refractivity contribution is 6.31. The van der Waals surface area contributed by atoms with E-state index in [9.17, 15) is 22.8 Å². The predicted molar refractivity (Wildman–Crippen MR) is 105 cm³/mol. The smallest absolute Gasteiger partial charge is 0.417 e. The van der Waals surface area contributed by atoms with Gasteiger partial charge in [0.2, 0.25) is 0 Å². The monoisotopic (exact) mass is 450 g/mol. The molecule has 0 aromatic heterocycles. The lowest BCUT2D eigenvalue weighted by Crippen LogP contribution is -2.69. The second kappa shape index (κ2) is 7.83. The molecular formula is C20H26ClF3N2O4. The number of ether oxygens (including phenoxy) is 2. The molecule has 1 aromatic carbocycles. The normalized spacial score (nSPS) is 16.5. The number of carbonyl (C=O) groups is 2. The van der Waals surface area contributed by atoms with E-state index in [1.165, 1.54) is 11.0 Å². The first kappa shape index (κ1) is 24.1. The molecular weight excluding hydrogens is 425 g/mol. The Morgan fingerprint density at radius 1 is 1.03 bits per heavy atom. The van der Waals surface area contributed by atoms with Crippen LogP contribution in [0.1, 0.15) is 52.7 Å². The van der Waals surface area contributed by atoms with Crippen LogP contribution in [-0.4, -0.2) is 41.4 Å². The summed E-state index contributed by atoms with van der Waals surface area (Å²) in [6.45, 7) is 9.93. The van der Waals surface area contributed by atoms with Gasteiger partial charge in [-0.3, -0.25) is 0 Å². The molecule has 1 aliphatic rings. The number of nitrogens with zero attached hydrogens (tertiary/aromatic N) is 1. The van der Waals surface area contributed by atoms with Crippen LogP contribution in [0.25, 0.3) is 0 Å². The summed E-state index contributed by atoms with van der Waals surface area (Å²) < 4.78 is 50.6. The fourth-order valence-corrected chi connectivity index (χ4v) is 3.16. The van der Waals surface area contributed by atoms with Crippen LogP contribution in [0.5, 0.6) is 0 Å². The molecule has 1 N–H and O–H groups in total. The van der Waals surface area contributed by atoms with Gasteiger partial charge in [0, 0.05) is 0 Å². The lowest BCUT2D eigenvalue weighted by Gasteiger charge is -2.50. The molecule has 0 atom stereocenters. The Labute approximate surface area is 178 Å². The fraction of sp³-hybridized carbons (Fsp3) is 0.600. The molecule has 0 unspecified atom stereocenters. The largest absolute Gasteiger partial charge is 0.444 e. The number of hydrogen-bond acceptors (Lipinski definition) is 4. The Kier molecular flexibility index (Phi) is 6.29. The summed E-state index contributed by atoms with van der Waals surface area (Å²) in [4.78, 5) is 26.0. The van der Waals surface area contributed by atoms with Crippen LogP contribution in [-0.2, 0) is 21.2 Å². The lowest BCUT2D eigenvalue weighted by molar-refractivity contribution is -0.137. The first-order valence-corrected chi connectivity index (χ1v) is 9.66. The van der Waals surface area contributed by atoms with E-state index in [-0.39, 0.29) is 18.7 Å². The van der Waals surface area contributed by atoms with Crippen molar-refractivity contribution >= 4 is 23.8 Å². The van der Waals surface area contributed by atoms with Crippen LogP contribution in [0, 0.1) is 0 Å². The van der Waals surface area contributed by atoms with Gasteiger partial charge in [-0.05, 0) is 59.2 Å². The van der Waals surface area contributed by atoms with Crippen molar-refractivity contribution in [2.45, 2.75) is 64.5 Å². The summed E-state index contributed by atoms with van der Waals surface area (Å²) in [5.74, 6) is 0. The topological polar surface area (TPSA) is 67.9 Å². The highest BCUT2D eigenvalue weighted by Crippen LogP contribution is 2.40. The first-order valence-electron chi connectivity index (χ1n) is 9.28. The fourth-order valence-electron chi connectivity index (χ4n) is 2.93. The van der Waals surface area contributed by atoms with Gasteiger partial charge in [0.1, 0.15) is 16.7 Å². The molecule has 1 fully saturated rings. The zero-order valence-corrected chi connectivity index (χ0v) is 18.5. The summed E-state index contributed by atoms with van der Waals surface area (Å²) in [6, 6.07) is 3.39. The van der Waals surface area contributed by atoms with E-state index in [1.807, 2.05) is 0 Å². The van der Waals surface area contributed by atoms with Crippen molar-refractivity contribution in [1.29, 1.82) is 0 Å². The van der Waals surface area contributed by atoms with Gasteiger partial charge in [0.15, 0.2) is 0 Å². The third-order valence-corrected chi connectivity index (χ3v) is 4.47. The average Bonchev–Trinajstić information content (AvgIpc) is 2.46. The Morgan fingerprint density at radius 2 is 1.57 bits per heavy atom. The number of amides is 2. The van der Waals surface area contributed by atoms with E-state index in [0.29, 0.717) is 0 Å². The first-order chi connectivity index (χ1) is 13.4. The number of hydrogen-bond donors (Lipinski definition) is 1. The summed E-state index contributed by atoms with van der Waals surface area (Å²) in [7, 11) is 0. The van der Waals surface area contributed by atoms with Crippen molar-refractivity contribution in [2.24, 2.45) is 0 Å². The van der Waals surface area contributed by atoms with Gasteiger partial charge in [0.25, 0.3) is 0 Å². The van der Waals surface area contributed by atoms with E-state index in [4.69, 9.17) is 21.1 Å². The van der Waals surface area contributed by atoms with Gasteiger partial charge in [-0.1, -0.05) is 17.7 Å². The SMILES string of the molecule is CC(C)(C)OC(=O)NC1(c2ccc(Cl)c(C(F)(F)F)c2)CN(C(=O)OC(C)(C)C)C1. The lowest BCUT2D eigenvalue weighted by atomic mass is 9.82. The molecule has 0 radical (unpaired) electrons. The maximum absolute atomic E-state index is 13.3. The van der Waals surface area contributed by atoms with Crippen molar-refractivity contribution in [1.82, 2.24) is 10.2 Å². The predicted octanol–water partition coefficient (Wildman–Crippen LogP) is 5.33. The molecule has 6 nitrogen and oxygen atoms in total. The summed E-state index contributed by atoms with van der Waals surface area (Å²) in [5.41, 5.74) is -3.69. The second-order valence-electron chi connectivity index (χ2n) is 9.24. The molecule has 2 amide bonds. The molecule has 10 heteroatoms. The van der Waals surface area contributed by atoms with Gasteiger partial charge in [-0.15, -0.1) is 0 Å². The third kappa shape index (κ3) is 5.93. The molecule has 168 valence electrons. The second-order valence-corrected chi connectivity index (χ2v) is 9.64. The van der Waals surface area contributed by atoms with E-state index >= 15 is 0 Å². The Hall–Kier alpha value is -2.16. The highest BCUT2D eigenvalue weighted by atomic mass is 35.5. The van der Waals surface area contributed by atoms with Crippen molar-refractivity contribution < 1.29 is 32.2 Å². The number of alkyl carbamates (subject to hydrolysis) is 1. The van der Waals surface area contributed by atoms with Crippen molar-refractivity contribution in [3.8, 4) is 0 Å². The third-order valence-electron chi connectivity index (χ3n) is 4.14. The standard InChI is InChI=1S/C20H26ClF3N2O4/c1-17(2,3)29-15(27)25-19(10-26(11-19)16(28)30-18(4,5)6)12-7-8-14(21)13(9-12)20(22,23)24/h7-9H,10-11H2,1-6H3,(H,25,27).